The minimum Gasteiger partial charge on any atom is -0.439 e. The quantitative estimate of drug-likeness (QED) is 0.502. The van der Waals surface area contributed by atoms with Gasteiger partial charge in [-0.15, -0.1) is 0 Å². The number of fused-ring (bicyclic) bond motifs is 1. The summed E-state index contributed by atoms with van der Waals surface area (Å²) in [6, 6.07) is 12.4. The molecule has 0 unspecified atom stereocenters. The molecule has 30 heavy (non-hydrogen) atoms. The van der Waals surface area contributed by atoms with Gasteiger partial charge in [-0.25, -0.2) is 14.6 Å². The number of benzene rings is 1. The van der Waals surface area contributed by atoms with Crippen molar-refractivity contribution in [1.82, 2.24) is 30.0 Å². The van der Waals surface area contributed by atoms with Gasteiger partial charge in [-0.05, 0) is 37.6 Å². The van der Waals surface area contributed by atoms with Gasteiger partial charge in [0.1, 0.15) is 23.6 Å². The lowest BCUT2D eigenvalue weighted by molar-refractivity contribution is 0.353. The molecule has 1 fully saturated rings. The number of aromatic nitrogens is 5. The van der Waals surface area contributed by atoms with E-state index < -0.39 is 5.95 Å². The number of nitrogens with zero attached hydrogens (tertiary/aromatic N) is 5. The van der Waals surface area contributed by atoms with Crippen molar-refractivity contribution in [3.05, 3.63) is 54.7 Å². The Morgan fingerprint density at radius 1 is 1.13 bits per heavy atom. The normalized spacial score (nSPS) is 16.6. The highest BCUT2D eigenvalue weighted by molar-refractivity contribution is 5.98. The number of rotatable bonds is 4. The van der Waals surface area contributed by atoms with Gasteiger partial charge in [-0.1, -0.05) is 18.2 Å². The minimum atomic E-state index is -0.694. The highest BCUT2D eigenvalue weighted by atomic mass is 19.1. The predicted molar refractivity (Wildman–Crippen MR) is 111 cm³/mol. The van der Waals surface area contributed by atoms with Crippen LogP contribution in [-0.4, -0.2) is 37.8 Å². The topological polar surface area (TPSA) is 104 Å². The van der Waals surface area contributed by atoms with Crippen LogP contribution >= 0.6 is 0 Å². The Kier molecular flexibility index (Phi) is 4.72. The predicted octanol–water partition coefficient (Wildman–Crippen LogP) is 3.33. The van der Waals surface area contributed by atoms with Gasteiger partial charge in [0.25, 0.3) is 0 Å². The highest BCUT2D eigenvalue weighted by Crippen LogP contribution is 2.34. The Morgan fingerprint density at radius 2 is 2.00 bits per heavy atom. The largest absolute Gasteiger partial charge is 0.439 e. The van der Waals surface area contributed by atoms with Crippen LogP contribution in [0.4, 0.5) is 10.2 Å². The first-order chi connectivity index (χ1) is 14.7. The number of halogens is 1. The molecule has 0 saturated carbocycles. The zero-order valence-corrected chi connectivity index (χ0v) is 16.1. The molecule has 8 nitrogen and oxygen atoms in total. The molecule has 0 spiro atoms. The van der Waals surface area contributed by atoms with E-state index in [1.54, 1.807) is 24.3 Å². The molecule has 0 amide bonds. The number of nitrogen functional groups attached to an aromatic ring is 1. The van der Waals surface area contributed by atoms with E-state index in [9.17, 15) is 0 Å². The lowest BCUT2D eigenvalue weighted by Gasteiger charge is -2.23. The van der Waals surface area contributed by atoms with Crippen molar-refractivity contribution in [3.8, 4) is 22.9 Å². The second kappa shape index (κ2) is 7.68. The standard InChI is InChI=1S/C21H20FN7O/c22-19-15(8-9-16(27-19)30-14-6-2-1-3-7-14)18-17-20(23)25-12-26-21(17)29(28-18)13-5-4-10-24-11-13/h1-3,6-9,12-13,24H,4-5,10-11H2,(H2,23,25,26)/t13-/m0/s1. The number of anilines is 1. The second-order valence-electron chi connectivity index (χ2n) is 7.15. The maximum Gasteiger partial charge on any atom is 0.225 e. The van der Waals surface area contributed by atoms with E-state index in [0.717, 1.165) is 25.9 Å². The fourth-order valence-electron chi connectivity index (χ4n) is 3.74. The van der Waals surface area contributed by atoms with E-state index in [1.165, 1.54) is 6.33 Å². The first kappa shape index (κ1) is 18.4. The van der Waals surface area contributed by atoms with Gasteiger partial charge < -0.3 is 15.8 Å². The highest BCUT2D eigenvalue weighted by Gasteiger charge is 2.25. The van der Waals surface area contributed by atoms with Crippen LogP contribution in [-0.2, 0) is 0 Å². The summed E-state index contributed by atoms with van der Waals surface area (Å²) in [5.74, 6) is 0.301. The van der Waals surface area contributed by atoms with Crippen molar-refractivity contribution in [2.75, 3.05) is 18.8 Å². The van der Waals surface area contributed by atoms with E-state index in [2.05, 4.69) is 20.3 Å². The number of pyridine rings is 1. The van der Waals surface area contributed by atoms with E-state index >= 15 is 4.39 Å². The van der Waals surface area contributed by atoms with Crippen LogP contribution in [0, 0.1) is 5.95 Å². The Labute approximate surface area is 171 Å². The number of hydrogen-bond donors (Lipinski definition) is 2. The van der Waals surface area contributed by atoms with Crippen LogP contribution < -0.4 is 15.8 Å². The summed E-state index contributed by atoms with van der Waals surface area (Å²) in [6.07, 6.45) is 3.39. The van der Waals surface area contributed by atoms with E-state index in [4.69, 9.17) is 15.6 Å². The van der Waals surface area contributed by atoms with Crippen LogP contribution in [0.2, 0.25) is 0 Å². The molecule has 0 radical (unpaired) electrons. The molecule has 152 valence electrons. The molecule has 3 N–H and O–H groups in total. The Bertz CT molecular complexity index is 1190. The number of nitrogens with one attached hydrogen (secondary N) is 1. The molecule has 1 aromatic carbocycles. The molecule has 4 aromatic rings. The molecular formula is C21H20FN7O. The first-order valence-electron chi connectivity index (χ1n) is 9.80. The van der Waals surface area contributed by atoms with Gasteiger partial charge >= 0.3 is 0 Å². The van der Waals surface area contributed by atoms with Gasteiger partial charge in [-0.3, -0.25) is 0 Å². The second-order valence-corrected chi connectivity index (χ2v) is 7.15. The fraction of sp³-hybridized carbons (Fsp3) is 0.238. The molecule has 9 heteroatoms. The minimum absolute atomic E-state index is 0.112. The fourth-order valence-corrected chi connectivity index (χ4v) is 3.74. The lowest BCUT2D eigenvalue weighted by Crippen LogP contribution is -2.32. The van der Waals surface area contributed by atoms with Gasteiger partial charge in [0.2, 0.25) is 11.8 Å². The monoisotopic (exact) mass is 405 g/mol. The van der Waals surface area contributed by atoms with Crippen LogP contribution in [0.1, 0.15) is 18.9 Å². The van der Waals surface area contributed by atoms with Crippen LogP contribution in [0.25, 0.3) is 22.3 Å². The SMILES string of the molecule is Nc1ncnc2c1c(-c1ccc(Oc3ccccc3)nc1F)nn2[C@H]1CCCNC1. The number of para-hydroxylation sites is 1. The van der Waals surface area contributed by atoms with Crippen LogP contribution in [0.3, 0.4) is 0 Å². The molecular weight excluding hydrogens is 385 g/mol. The first-order valence-corrected chi connectivity index (χ1v) is 9.80. The Hall–Kier alpha value is -3.59. The Morgan fingerprint density at radius 3 is 2.77 bits per heavy atom. The van der Waals surface area contributed by atoms with E-state index in [-0.39, 0.29) is 23.3 Å². The molecule has 0 aliphatic carbocycles. The summed E-state index contributed by atoms with van der Waals surface area (Å²) >= 11 is 0. The number of ether oxygens (including phenoxy) is 1. The zero-order chi connectivity index (χ0) is 20.5. The molecule has 1 atom stereocenters. The van der Waals surface area contributed by atoms with Gasteiger partial charge in [0.15, 0.2) is 5.65 Å². The number of piperidine rings is 1. The van der Waals surface area contributed by atoms with Crippen LogP contribution in [0.15, 0.2) is 48.8 Å². The van der Waals surface area contributed by atoms with E-state index in [1.807, 2.05) is 22.9 Å². The maximum absolute atomic E-state index is 15.0. The average molecular weight is 405 g/mol. The third-order valence-corrected chi connectivity index (χ3v) is 5.18. The van der Waals surface area contributed by atoms with Crippen molar-refractivity contribution < 1.29 is 9.13 Å². The van der Waals surface area contributed by atoms with Crippen molar-refractivity contribution in [1.29, 1.82) is 0 Å². The number of hydrogen-bond acceptors (Lipinski definition) is 7. The third kappa shape index (κ3) is 3.33. The maximum atomic E-state index is 15.0. The molecule has 4 heterocycles. The summed E-state index contributed by atoms with van der Waals surface area (Å²) in [5, 5.41) is 8.59. The summed E-state index contributed by atoms with van der Waals surface area (Å²) in [5.41, 5.74) is 7.33. The summed E-state index contributed by atoms with van der Waals surface area (Å²) < 4.78 is 22.5. The summed E-state index contributed by atoms with van der Waals surface area (Å²) in [6.45, 7) is 1.74. The zero-order valence-electron chi connectivity index (χ0n) is 16.1. The van der Waals surface area contributed by atoms with Crippen molar-refractivity contribution in [2.45, 2.75) is 18.9 Å². The van der Waals surface area contributed by atoms with Crippen molar-refractivity contribution in [2.24, 2.45) is 0 Å². The molecule has 1 aliphatic heterocycles. The van der Waals surface area contributed by atoms with Crippen molar-refractivity contribution >= 4 is 16.9 Å². The lowest BCUT2D eigenvalue weighted by atomic mass is 10.1. The van der Waals surface area contributed by atoms with Gasteiger partial charge in [-0.2, -0.15) is 14.5 Å². The molecule has 5 rings (SSSR count). The third-order valence-electron chi connectivity index (χ3n) is 5.18. The van der Waals surface area contributed by atoms with Crippen LogP contribution in [0.5, 0.6) is 11.6 Å². The molecule has 3 aromatic heterocycles. The van der Waals surface area contributed by atoms with Crippen molar-refractivity contribution in [3.63, 3.8) is 0 Å². The van der Waals surface area contributed by atoms with Gasteiger partial charge in [0.05, 0.1) is 17.0 Å². The van der Waals surface area contributed by atoms with Gasteiger partial charge in [0, 0.05) is 12.6 Å². The number of nitrogens with two attached hydrogens (primary N) is 1. The molecule has 0 bridgehead atoms. The Balaban J connectivity index is 1.57. The van der Waals surface area contributed by atoms with E-state index in [0.29, 0.717) is 22.5 Å². The summed E-state index contributed by atoms with van der Waals surface area (Å²) in [4.78, 5) is 12.4. The molecule has 1 aliphatic rings. The molecule has 1 saturated heterocycles. The average Bonchev–Trinajstić information content (AvgIpc) is 3.16. The summed E-state index contributed by atoms with van der Waals surface area (Å²) in [7, 11) is 0. The smallest absolute Gasteiger partial charge is 0.225 e.